The lowest BCUT2D eigenvalue weighted by Crippen LogP contribution is -2.38. The fraction of sp³-hybridized carbons (Fsp3) is 0.0274. The molecule has 9 aromatic carbocycles. The average Bonchev–Trinajstić information content (AvgIpc) is 3.56. The van der Waals surface area contributed by atoms with Crippen LogP contribution in [0.1, 0.15) is 0 Å². The standard InChI is InChI=1S/C73H49N5O2/c1-3-13-48(14-4-1)56-17-9-19-58(41-56)72-76-71(77-73(78-72)59-20-10-18-57(42-59)49-15-5-2-6-16-49)55-35-33-54(34-36-55)66-38-37-65(69-70(66)80-68-24-8-7-23-67(68)79-69)53-31-29-51(30-32-53)50-25-27-52(28-26-50)62-43-63(60-21-11-39-74-46-60)45-64(44-62)61-22-12-40-75-47-61/h1-47,67-68H. The normalized spacial score (nSPS) is 14.1. The Morgan fingerprint density at radius 3 is 1.00 bits per heavy atom. The van der Waals surface area contributed by atoms with Crippen molar-refractivity contribution in [2.45, 2.75) is 12.2 Å². The maximum atomic E-state index is 6.91. The van der Waals surface area contributed by atoms with Gasteiger partial charge in [0, 0.05) is 63.7 Å². The van der Waals surface area contributed by atoms with E-state index in [-0.39, 0.29) is 12.2 Å². The van der Waals surface area contributed by atoms with Crippen molar-refractivity contribution in [1.82, 2.24) is 24.9 Å². The van der Waals surface area contributed by atoms with E-state index in [0.717, 1.165) is 106 Å². The van der Waals surface area contributed by atoms with Crippen molar-refractivity contribution in [2.75, 3.05) is 0 Å². The summed E-state index contributed by atoms with van der Waals surface area (Å²) < 4.78 is 13.8. The van der Waals surface area contributed by atoms with E-state index in [1.54, 1.807) is 12.4 Å². The molecule has 0 fully saturated rings. The van der Waals surface area contributed by atoms with Gasteiger partial charge in [-0.15, -0.1) is 0 Å². The second-order valence-electron chi connectivity index (χ2n) is 20.0. The summed E-state index contributed by atoms with van der Waals surface area (Å²) in [7, 11) is 0. The van der Waals surface area contributed by atoms with E-state index in [0.29, 0.717) is 29.0 Å². The Bertz CT molecular complexity index is 4100. The van der Waals surface area contributed by atoms with Gasteiger partial charge in [0.05, 0.1) is 0 Å². The van der Waals surface area contributed by atoms with E-state index >= 15 is 0 Å². The minimum absolute atomic E-state index is 0.263. The van der Waals surface area contributed by atoms with Crippen LogP contribution in [0.3, 0.4) is 0 Å². The van der Waals surface area contributed by atoms with Gasteiger partial charge >= 0.3 is 0 Å². The van der Waals surface area contributed by atoms with Crippen LogP contribution in [0.5, 0.6) is 11.5 Å². The summed E-state index contributed by atoms with van der Waals surface area (Å²) in [5, 5.41) is 0. The van der Waals surface area contributed by atoms with E-state index in [1.165, 1.54) is 0 Å². The summed E-state index contributed by atoms with van der Waals surface area (Å²) in [4.78, 5) is 24.3. The third-order valence-corrected chi connectivity index (χ3v) is 14.9. The minimum atomic E-state index is -0.270. The lowest BCUT2D eigenvalue weighted by atomic mass is 9.93. The fourth-order valence-electron chi connectivity index (χ4n) is 10.7. The highest BCUT2D eigenvalue weighted by molar-refractivity contribution is 5.86. The predicted octanol–water partition coefficient (Wildman–Crippen LogP) is 17.6. The van der Waals surface area contributed by atoms with Crippen molar-refractivity contribution >= 4 is 0 Å². The first-order chi connectivity index (χ1) is 39.6. The van der Waals surface area contributed by atoms with Crippen molar-refractivity contribution in [1.29, 1.82) is 0 Å². The largest absolute Gasteiger partial charge is 0.478 e. The van der Waals surface area contributed by atoms with Gasteiger partial charge in [0.15, 0.2) is 41.2 Å². The monoisotopic (exact) mass is 1030 g/mol. The van der Waals surface area contributed by atoms with Crippen molar-refractivity contribution in [3.63, 3.8) is 0 Å². The Labute approximate surface area is 464 Å². The van der Waals surface area contributed by atoms with Crippen LogP contribution >= 0.6 is 0 Å². The summed E-state index contributed by atoms with van der Waals surface area (Å²) in [6.45, 7) is 0. The number of ether oxygens (including phenoxy) is 2. The maximum Gasteiger partial charge on any atom is 0.170 e. The number of fused-ring (bicyclic) bond motifs is 2. The lowest BCUT2D eigenvalue weighted by molar-refractivity contribution is 0.0769. The second kappa shape index (κ2) is 21.1. The molecule has 0 amide bonds. The third kappa shape index (κ3) is 9.65. The molecule has 14 rings (SSSR count). The zero-order chi connectivity index (χ0) is 53.2. The predicted molar refractivity (Wildman–Crippen MR) is 322 cm³/mol. The zero-order valence-electron chi connectivity index (χ0n) is 43.3. The zero-order valence-corrected chi connectivity index (χ0v) is 43.3. The molecular weight excluding hydrogens is 979 g/mol. The molecule has 7 heteroatoms. The van der Waals surface area contributed by atoms with E-state index in [9.17, 15) is 0 Å². The van der Waals surface area contributed by atoms with Gasteiger partial charge in [0.2, 0.25) is 0 Å². The number of hydrogen-bond acceptors (Lipinski definition) is 7. The smallest absolute Gasteiger partial charge is 0.170 e. The van der Waals surface area contributed by atoms with Crippen LogP contribution in [0.2, 0.25) is 0 Å². The number of rotatable bonds is 11. The van der Waals surface area contributed by atoms with Crippen LogP contribution in [0, 0.1) is 0 Å². The highest BCUT2D eigenvalue weighted by Crippen LogP contribution is 2.49. The number of hydrogen-bond donors (Lipinski definition) is 0. The number of aromatic nitrogens is 5. The van der Waals surface area contributed by atoms with E-state index in [1.807, 2.05) is 48.8 Å². The minimum Gasteiger partial charge on any atom is -0.478 e. The molecule has 3 aromatic heterocycles. The molecule has 0 saturated carbocycles. The molecule has 0 radical (unpaired) electrons. The number of allylic oxidation sites excluding steroid dienone is 2. The van der Waals surface area contributed by atoms with Crippen LogP contribution in [-0.2, 0) is 0 Å². The van der Waals surface area contributed by atoms with Gasteiger partial charge in [-0.1, -0.05) is 194 Å². The Morgan fingerprint density at radius 2 is 0.575 bits per heavy atom. The van der Waals surface area contributed by atoms with Gasteiger partial charge in [-0.25, -0.2) is 15.0 Å². The lowest BCUT2D eigenvalue weighted by Gasteiger charge is -2.34. The number of nitrogens with zero attached hydrogens (tertiary/aromatic N) is 5. The molecule has 0 bridgehead atoms. The van der Waals surface area contributed by atoms with E-state index in [2.05, 4.69) is 234 Å². The summed E-state index contributed by atoms with van der Waals surface area (Å²) in [6, 6.07) is 82.5. The summed E-state index contributed by atoms with van der Waals surface area (Å²) in [5.74, 6) is 3.19. The second-order valence-corrected chi connectivity index (χ2v) is 20.0. The van der Waals surface area contributed by atoms with E-state index in [4.69, 9.17) is 24.4 Å². The molecule has 7 nitrogen and oxygen atoms in total. The number of benzene rings is 9. The highest BCUT2D eigenvalue weighted by Gasteiger charge is 2.33. The third-order valence-electron chi connectivity index (χ3n) is 14.9. The maximum absolute atomic E-state index is 6.91. The number of pyridine rings is 2. The topological polar surface area (TPSA) is 82.9 Å². The molecule has 0 spiro atoms. The summed E-state index contributed by atoms with van der Waals surface area (Å²) >= 11 is 0. The van der Waals surface area contributed by atoms with Crippen molar-refractivity contribution in [3.05, 3.63) is 286 Å². The molecule has 12 aromatic rings. The first kappa shape index (κ1) is 47.8. The molecule has 1 aliphatic heterocycles. The first-order valence-electron chi connectivity index (χ1n) is 26.8. The van der Waals surface area contributed by atoms with Crippen LogP contribution < -0.4 is 9.47 Å². The van der Waals surface area contributed by atoms with Crippen molar-refractivity contribution < 1.29 is 9.47 Å². The van der Waals surface area contributed by atoms with Gasteiger partial charge in [0.25, 0.3) is 0 Å². The highest BCUT2D eigenvalue weighted by atomic mass is 16.6. The van der Waals surface area contributed by atoms with Gasteiger partial charge in [-0.2, -0.15) is 0 Å². The molecule has 378 valence electrons. The van der Waals surface area contributed by atoms with Crippen molar-refractivity contribution in [2.24, 2.45) is 0 Å². The van der Waals surface area contributed by atoms with Crippen LogP contribution in [0.4, 0.5) is 0 Å². The Kier molecular flexibility index (Phi) is 12.6. The Hall–Kier alpha value is -10.6. The molecule has 0 saturated heterocycles. The van der Waals surface area contributed by atoms with Gasteiger partial charge in [0.1, 0.15) is 0 Å². The van der Waals surface area contributed by atoms with Crippen LogP contribution in [-0.4, -0.2) is 37.1 Å². The van der Waals surface area contributed by atoms with Gasteiger partial charge in [-0.05, 0) is 134 Å². The molecular formula is C73H49N5O2. The first-order valence-corrected chi connectivity index (χ1v) is 26.8. The van der Waals surface area contributed by atoms with Crippen LogP contribution in [0.15, 0.2) is 286 Å². The molecule has 2 unspecified atom stereocenters. The average molecular weight is 1030 g/mol. The Balaban J connectivity index is 0.782. The molecule has 2 aliphatic rings. The SMILES string of the molecule is C1=CC2Oc3c(-c4ccc(-c5ccc(-c6cc(-c7cccnc7)cc(-c7cccnc7)c6)cc5)cc4)ccc(-c4ccc(-c5nc(-c6cccc(-c7ccccc7)c6)nc(-c6cccc(-c7ccccc7)c6)n5)cc4)c3OC2C=C1. The van der Waals surface area contributed by atoms with Gasteiger partial charge < -0.3 is 9.47 Å². The van der Waals surface area contributed by atoms with Crippen molar-refractivity contribution in [3.8, 4) is 135 Å². The summed E-state index contributed by atoms with van der Waals surface area (Å²) in [6.07, 6.45) is 15.1. The molecule has 4 heterocycles. The van der Waals surface area contributed by atoms with Crippen LogP contribution in [0.25, 0.3) is 123 Å². The molecule has 2 atom stereocenters. The molecule has 1 aliphatic carbocycles. The fourth-order valence-corrected chi connectivity index (χ4v) is 10.7. The molecule has 80 heavy (non-hydrogen) atoms. The van der Waals surface area contributed by atoms with E-state index < -0.39 is 0 Å². The molecule has 0 N–H and O–H groups in total. The summed E-state index contributed by atoms with van der Waals surface area (Å²) in [5.41, 5.74) is 19.8. The van der Waals surface area contributed by atoms with Gasteiger partial charge in [-0.3, -0.25) is 9.97 Å². The Morgan fingerprint density at radius 1 is 0.250 bits per heavy atom. The quantitative estimate of drug-likeness (QED) is 0.128.